The summed E-state index contributed by atoms with van der Waals surface area (Å²) in [6, 6.07) is -0.632. The summed E-state index contributed by atoms with van der Waals surface area (Å²) in [5, 5.41) is 9.46. The van der Waals surface area contributed by atoms with Crippen LogP contribution in [0.2, 0.25) is 0 Å². The Kier molecular flexibility index (Phi) is 3.01. The van der Waals surface area contributed by atoms with Crippen LogP contribution in [-0.2, 0) is 9.84 Å². The van der Waals surface area contributed by atoms with Gasteiger partial charge in [0.15, 0.2) is 0 Å². The number of H-pyrrole nitrogens is 1. The monoisotopic (exact) mass is 278 g/mol. The minimum Gasteiger partial charge on any atom is -0.492 e. The highest BCUT2D eigenvalue weighted by Crippen LogP contribution is 2.26. The molecular weight excluding hydrogens is 267 g/mol. The molecule has 0 amide bonds. The van der Waals surface area contributed by atoms with Crippen LogP contribution in [0.4, 0.5) is 4.39 Å². The van der Waals surface area contributed by atoms with Gasteiger partial charge in [0.1, 0.15) is 9.84 Å². The molecule has 0 aromatic carbocycles. The van der Waals surface area contributed by atoms with Crippen molar-refractivity contribution in [2.45, 2.75) is 18.9 Å². The van der Waals surface area contributed by atoms with Crippen LogP contribution in [0.15, 0.2) is 9.59 Å². The van der Waals surface area contributed by atoms with Crippen LogP contribution in [0.25, 0.3) is 0 Å². The second kappa shape index (κ2) is 4.23. The minimum atomic E-state index is -3.13. The Morgan fingerprint density at radius 2 is 1.83 bits per heavy atom. The molecule has 2 rings (SSSR count). The number of halogens is 1. The van der Waals surface area contributed by atoms with Gasteiger partial charge in [-0.1, -0.05) is 0 Å². The fraction of sp³-hybridized carbons (Fsp3) is 0.556. The molecule has 0 aliphatic carbocycles. The number of aromatic amines is 1. The molecule has 1 aliphatic rings. The lowest BCUT2D eigenvalue weighted by molar-refractivity contribution is 0.318. The summed E-state index contributed by atoms with van der Waals surface area (Å²) in [6.45, 7) is 0. The molecule has 18 heavy (non-hydrogen) atoms. The molecule has 9 heteroatoms. The molecule has 0 unspecified atom stereocenters. The van der Waals surface area contributed by atoms with Gasteiger partial charge in [0.25, 0.3) is 5.56 Å². The van der Waals surface area contributed by atoms with Crippen LogP contribution in [0, 0.1) is 5.82 Å². The predicted molar refractivity (Wildman–Crippen MR) is 59.9 cm³/mol. The number of hydrogen-bond donors (Lipinski definition) is 2. The fourth-order valence-electron chi connectivity index (χ4n) is 1.99. The molecule has 0 radical (unpaired) electrons. The van der Waals surface area contributed by atoms with Gasteiger partial charge >= 0.3 is 5.69 Å². The fourth-order valence-corrected chi connectivity index (χ4v) is 3.46. The zero-order chi connectivity index (χ0) is 13.5. The summed E-state index contributed by atoms with van der Waals surface area (Å²) in [5.41, 5.74) is -2.24. The maximum absolute atomic E-state index is 13.2. The number of sulfone groups is 1. The van der Waals surface area contributed by atoms with E-state index in [0.29, 0.717) is 4.57 Å². The normalized spacial score (nSPS) is 19.8. The van der Waals surface area contributed by atoms with E-state index in [9.17, 15) is 27.5 Å². The second-order valence-electron chi connectivity index (χ2n) is 4.15. The Morgan fingerprint density at radius 3 is 2.39 bits per heavy atom. The molecule has 2 heterocycles. The van der Waals surface area contributed by atoms with Gasteiger partial charge in [-0.15, -0.1) is 0 Å². The molecule has 0 bridgehead atoms. The first kappa shape index (κ1) is 12.8. The first-order chi connectivity index (χ1) is 8.32. The lowest BCUT2D eigenvalue weighted by atomic mass is 10.1. The highest BCUT2D eigenvalue weighted by Gasteiger charge is 2.28. The molecule has 1 aromatic heterocycles. The van der Waals surface area contributed by atoms with Crippen LogP contribution in [0.3, 0.4) is 0 Å². The van der Waals surface area contributed by atoms with E-state index in [1.54, 1.807) is 4.98 Å². The number of nitrogens with one attached hydrogen (secondary N) is 1. The highest BCUT2D eigenvalue weighted by atomic mass is 32.2. The van der Waals surface area contributed by atoms with Crippen molar-refractivity contribution in [1.82, 2.24) is 9.55 Å². The molecular formula is C9H11FN2O5S. The first-order valence-corrected chi connectivity index (χ1v) is 7.07. The molecule has 1 saturated heterocycles. The summed E-state index contributed by atoms with van der Waals surface area (Å²) in [6.07, 6.45) is 0.197. The van der Waals surface area contributed by atoms with E-state index < -0.39 is 38.8 Å². The van der Waals surface area contributed by atoms with Crippen molar-refractivity contribution in [1.29, 1.82) is 0 Å². The van der Waals surface area contributed by atoms with Crippen molar-refractivity contribution in [3.8, 4) is 5.88 Å². The van der Waals surface area contributed by atoms with Crippen molar-refractivity contribution in [2.75, 3.05) is 11.5 Å². The standard InChI is InChI=1S/C9H11FN2O5S/c10-6-7(13)11-9(15)12(8(6)14)5-1-3-18(16,17)4-2-5/h5,14H,1-4H2,(H,11,13,15). The van der Waals surface area contributed by atoms with E-state index in [2.05, 4.69) is 0 Å². The number of aromatic hydroxyl groups is 1. The summed E-state index contributed by atoms with van der Waals surface area (Å²) < 4.78 is 36.4. The average molecular weight is 278 g/mol. The minimum absolute atomic E-state index is 0.0985. The lowest BCUT2D eigenvalue weighted by Gasteiger charge is -2.24. The molecule has 2 N–H and O–H groups in total. The van der Waals surface area contributed by atoms with Gasteiger partial charge in [-0.3, -0.25) is 14.3 Å². The van der Waals surface area contributed by atoms with Gasteiger partial charge in [-0.25, -0.2) is 13.2 Å². The van der Waals surface area contributed by atoms with Crippen LogP contribution in [0.1, 0.15) is 18.9 Å². The van der Waals surface area contributed by atoms with Gasteiger partial charge < -0.3 is 5.11 Å². The molecule has 0 spiro atoms. The Hall–Kier alpha value is -1.64. The van der Waals surface area contributed by atoms with Crippen molar-refractivity contribution in [3.05, 3.63) is 26.7 Å². The third-order valence-corrected chi connectivity index (χ3v) is 4.67. The maximum Gasteiger partial charge on any atom is 0.331 e. The van der Waals surface area contributed by atoms with E-state index >= 15 is 0 Å². The Bertz CT molecular complexity index is 676. The molecule has 1 aliphatic heterocycles. The second-order valence-corrected chi connectivity index (χ2v) is 6.45. The largest absolute Gasteiger partial charge is 0.492 e. The summed E-state index contributed by atoms with van der Waals surface area (Å²) in [7, 11) is -3.13. The maximum atomic E-state index is 13.2. The van der Waals surface area contributed by atoms with Gasteiger partial charge in [0.05, 0.1) is 11.5 Å². The molecule has 100 valence electrons. The van der Waals surface area contributed by atoms with Crippen LogP contribution in [-0.4, -0.2) is 34.6 Å². The van der Waals surface area contributed by atoms with Gasteiger partial charge in [0.2, 0.25) is 11.7 Å². The van der Waals surface area contributed by atoms with E-state index in [-0.39, 0.29) is 24.3 Å². The Balaban J connectivity index is 2.45. The summed E-state index contributed by atoms with van der Waals surface area (Å²) >= 11 is 0. The number of hydrogen-bond acceptors (Lipinski definition) is 5. The van der Waals surface area contributed by atoms with Crippen molar-refractivity contribution >= 4 is 9.84 Å². The SMILES string of the molecule is O=c1[nH]c(=O)n(C2CCS(=O)(=O)CC2)c(O)c1F. The average Bonchev–Trinajstić information content (AvgIpc) is 2.28. The molecule has 1 aromatic rings. The lowest BCUT2D eigenvalue weighted by Crippen LogP contribution is -2.37. The van der Waals surface area contributed by atoms with Crippen LogP contribution >= 0.6 is 0 Å². The third kappa shape index (κ3) is 2.17. The van der Waals surface area contributed by atoms with E-state index in [0.717, 1.165) is 0 Å². The van der Waals surface area contributed by atoms with E-state index in [4.69, 9.17) is 0 Å². The Morgan fingerprint density at radius 1 is 1.28 bits per heavy atom. The zero-order valence-corrected chi connectivity index (χ0v) is 10.0. The van der Waals surface area contributed by atoms with Gasteiger partial charge in [-0.2, -0.15) is 4.39 Å². The van der Waals surface area contributed by atoms with Crippen molar-refractivity contribution in [3.63, 3.8) is 0 Å². The van der Waals surface area contributed by atoms with Gasteiger partial charge in [0, 0.05) is 6.04 Å². The zero-order valence-electron chi connectivity index (χ0n) is 9.22. The highest BCUT2D eigenvalue weighted by molar-refractivity contribution is 7.91. The smallest absolute Gasteiger partial charge is 0.331 e. The Labute approximate surface area is 101 Å². The van der Waals surface area contributed by atoms with Crippen LogP contribution < -0.4 is 11.2 Å². The first-order valence-electron chi connectivity index (χ1n) is 5.25. The summed E-state index contributed by atoms with van der Waals surface area (Å²) in [5.74, 6) is -2.76. The van der Waals surface area contributed by atoms with Crippen molar-refractivity contribution < 1.29 is 17.9 Å². The molecule has 0 atom stereocenters. The van der Waals surface area contributed by atoms with Gasteiger partial charge in [-0.05, 0) is 12.8 Å². The number of rotatable bonds is 1. The van der Waals surface area contributed by atoms with Crippen molar-refractivity contribution in [2.24, 2.45) is 0 Å². The van der Waals surface area contributed by atoms with E-state index in [1.807, 2.05) is 0 Å². The van der Waals surface area contributed by atoms with E-state index in [1.165, 1.54) is 0 Å². The molecule has 7 nitrogen and oxygen atoms in total. The predicted octanol–water partition coefficient (Wildman–Crippen LogP) is -0.869. The number of aromatic nitrogens is 2. The molecule has 1 fully saturated rings. The number of nitrogens with zero attached hydrogens (tertiary/aromatic N) is 1. The quantitative estimate of drug-likeness (QED) is 0.694. The van der Waals surface area contributed by atoms with Crippen LogP contribution in [0.5, 0.6) is 5.88 Å². The summed E-state index contributed by atoms with van der Waals surface area (Å²) in [4.78, 5) is 24.1. The topological polar surface area (TPSA) is 109 Å². The third-order valence-electron chi connectivity index (χ3n) is 2.95. The molecule has 0 saturated carbocycles.